The van der Waals surface area contributed by atoms with Crippen LogP contribution in [-0.4, -0.2) is 0 Å². The molecule has 2 unspecified atom stereocenters. The van der Waals surface area contributed by atoms with Gasteiger partial charge in [-0.2, -0.15) is 0 Å². The summed E-state index contributed by atoms with van der Waals surface area (Å²) in [6.45, 7) is 9.29. The van der Waals surface area contributed by atoms with Gasteiger partial charge in [0.15, 0.2) is 0 Å². The second-order valence-electron chi connectivity index (χ2n) is 8.40. The third-order valence-electron chi connectivity index (χ3n) is 6.03. The average Bonchev–Trinajstić information content (AvgIpc) is 2.66. The Kier molecular flexibility index (Phi) is 20.5. The van der Waals surface area contributed by atoms with E-state index >= 15 is 0 Å². The van der Waals surface area contributed by atoms with Gasteiger partial charge in [-0.25, -0.2) is 0 Å². The molecule has 0 aromatic carbocycles. The Bertz CT molecular complexity index is 319. The van der Waals surface area contributed by atoms with Gasteiger partial charge in [0, 0.05) is 12.8 Å². The van der Waals surface area contributed by atoms with Crippen molar-refractivity contribution in [1.82, 2.24) is 0 Å². The summed E-state index contributed by atoms with van der Waals surface area (Å²) in [5.74, 6) is 8.76. The maximum absolute atomic E-state index is 3.51. The van der Waals surface area contributed by atoms with Gasteiger partial charge in [-0.15, -0.1) is 11.8 Å². The number of unbranched alkanes of at least 4 members (excludes halogenated alkanes) is 9. The van der Waals surface area contributed by atoms with E-state index in [4.69, 9.17) is 0 Å². The molecule has 0 amide bonds. The van der Waals surface area contributed by atoms with Gasteiger partial charge in [0.25, 0.3) is 0 Å². The lowest BCUT2D eigenvalue weighted by Gasteiger charge is -2.13. The standard InChI is InChI=1S/C26H50/c1-5-9-11-13-15-18-22-26(8-4)24-20-16-19-23-25(7-3)21-17-14-12-10-6-2/h25-26H,5-15,17-18,20-24H2,1-4H3. The maximum atomic E-state index is 3.51. The molecule has 0 bridgehead atoms. The fourth-order valence-electron chi connectivity index (χ4n) is 3.83. The molecular formula is C26H50. The van der Waals surface area contributed by atoms with E-state index in [2.05, 4.69) is 39.5 Å². The van der Waals surface area contributed by atoms with Crippen LogP contribution in [0.25, 0.3) is 0 Å². The lowest BCUT2D eigenvalue weighted by atomic mass is 9.93. The summed E-state index contributed by atoms with van der Waals surface area (Å²) in [6.07, 6.45) is 24.6. The van der Waals surface area contributed by atoms with Crippen molar-refractivity contribution < 1.29 is 0 Å². The number of hydrogen-bond acceptors (Lipinski definition) is 0. The largest absolute Gasteiger partial charge is 0.103 e. The number of rotatable bonds is 18. The van der Waals surface area contributed by atoms with E-state index in [1.54, 1.807) is 0 Å². The van der Waals surface area contributed by atoms with Crippen molar-refractivity contribution in [2.45, 2.75) is 143 Å². The van der Waals surface area contributed by atoms with Crippen molar-refractivity contribution in [2.24, 2.45) is 11.8 Å². The Labute approximate surface area is 167 Å². The highest BCUT2D eigenvalue weighted by Gasteiger charge is 2.06. The molecule has 0 radical (unpaired) electrons. The van der Waals surface area contributed by atoms with Crippen LogP contribution >= 0.6 is 0 Å². The van der Waals surface area contributed by atoms with E-state index in [-0.39, 0.29) is 0 Å². The Morgan fingerprint density at radius 2 is 1.00 bits per heavy atom. The van der Waals surface area contributed by atoms with Gasteiger partial charge in [-0.3, -0.25) is 0 Å². The van der Waals surface area contributed by atoms with Crippen molar-refractivity contribution in [2.75, 3.05) is 0 Å². The minimum absolute atomic E-state index is 0.842. The first kappa shape index (κ1) is 25.6. The van der Waals surface area contributed by atoms with E-state index in [0.717, 1.165) is 24.7 Å². The minimum atomic E-state index is 0.842. The SMILES string of the molecule is CCCCCCCCC(CC)CCC#CCC(CC)CCCCCCC. The molecule has 154 valence electrons. The summed E-state index contributed by atoms with van der Waals surface area (Å²) in [7, 11) is 0. The first-order valence-corrected chi connectivity index (χ1v) is 12.2. The summed E-state index contributed by atoms with van der Waals surface area (Å²) < 4.78 is 0. The highest BCUT2D eigenvalue weighted by Crippen LogP contribution is 2.20. The third-order valence-corrected chi connectivity index (χ3v) is 6.03. The molecule has 0 fully saturated rings. The minimum Gasteiger partial charge on any atom is -0.103 e. The van der Waals surface area contributed by atoms with Crippen molar-refractivity contribution in [3.8, 4) is 11.8 Å². The van der Waals surface area contributed by atoms with Gasteiger partial charge >= 0.3 is 0 Å². The Morgan fingerprint density at radius 1 is 0.500 bits per heavy atom. The lowest BCUT2D eigenvalue weighted by molar-refractivity contribution is 0.416. The first-order chi connectivity index (χ1) is 12.8. The van der Waals surface area contributed by atoms with Gasteiger partial charge in [0.05, 0.1) is 0 Å². The third kappa shape index (κ3) is 17.0. The summed E-state index contributed by atoms with van der Waals surface area (Å²) in [5, 5.41) is 0. The van der Waals surface area contributed by atoms with Gasteiger partial charge in [0.1, 0.15) is 0 Å². The zero-order chi connectivity index (χ0) is 19.3. The molecule has 0 saturated carbocycles. The molecule has 0 spiro atoms. The molecule has 0 heteroatoms. The van der Waals surface area contributed by atoms with Crippen LogP contribution in [0, 0.1) is 23.7 Å². The predicted octanol–water partition coefficient (Wildman–Crippen LogP) is 9.32. The summed E-state index contributed by atoms with van der Waals surface area (Å²) in [6, 6.07) is 0. The van der Waals surface area contributed by atoms with Crippen LogP contribution in [0.15, 0.2) is 0 Å². The second-order valence-corrected chi connectivity index (χ2v) is 8.40. The normalized spacial score (nSPS) is 13.2. The quantitative estimate of drug-likeness (QED) is 0.168. The molecule has 0 aliphatic carbocycles. The molecule has 0 aromatic rings. The fraction of sp³-hybridized carbons (Fsp3) is 0.923. The van der Waals surface area contributed by atoms with Gasteiger partial charge < -0.3 is 0 Å². The molecule has 0 aromatic heterocycles. The van der Waals surface area contributed by atoms with E-state index < -0.39 is 0 Å². The summed E-state index contributed by atoms with van der Waals surface area (Å²) >= 11 is 0. The topological polar surface area (TPSA) is 0 Å². The Balaban J connectivity index is 3.74. The van der Waals surface area contributed by atoms with Gasteiger partial charge in [-0.1, -0.05) is 118 Å². The monoisotopic (exact) mass is 362 g/mol. The molecule has 0 aliphatic heterocycles. The van der Waals surface area contributed by atoms with Crippen LogP contribution in [0.4, 0.5) is 0 Å². The van der Waals surface area contributed by atoms with Crippen LogP contribution in [0.5, 0.6) is 0 Å². The lowest BCUT2D eigenvalue weighted by Crippen LogP contribution is -1.99. The van der Waals surface area contributed by atoms with Crippen molar-refractivity contribution in [3.05, 3.63) is 0 Å². The second kappa shape index (κ2) is 20.9. The molecule has 0 aliphatic rings. The molecule has 26 heavy (non-hydrogen) atoms. The first-order valence-electron chi connectivity index (χ1n) is 12.2. The van der Waals surface area contributed by atoms with E-state index in [0.29, 0.717) is 0 Å². The Hall–Kier alpha value is -0.440. The molecule has 0 heterocycles. The Morgan fingerprint density at radius 3 is 1.54 bits per heavy atom. The molecule has 0 saturated heterocycles. The average molecular weight is 363 g/mol. The highest BCUT2D eigenvalue weighted by molar-refractivity contribution is 5.00. The van der Waals surface area contributed by atoms with Crippen LogP contribution in [-0.2, 0) is 0 Å². The number of hydrogen-bond donors (Lipinski definition) is 0. The summed E-state index contributed by atoms with van der Waals surface area (Å²) in [4.78, 5) is 0. The zero-order valence-corrected chi connectivity index (χ0v) is 18.9. The highest BCUT2D eigenvalue weighted by atomic mass is 14.1. The molecular weight excluding hydrogens is 312 g/mol. The van der Waals surface area contributed by atoms with Crippen LogP contribution in [0.2, 0.25) is 0 Å². The van der Waals surface area contributed by atoms with E-state index in [1.807, 2.05) is 0 Å². The fourth-order valence-corrected chi connectivity index (χ4v) is 3.83. The van der Waals surface area contributed by atoms with Crippen molar-refractivity contribution in [1.29, 1.82) is 0 Å². The van der Waals surface area contributed by atoms with Gasteiger partial charge in [-0.05, 0) is 24.7 Å². The predicted molar refractivity (Wildman–Crippen MR) is 121 cm³/mol. The smallest absolute Gasteiger partial charge is 0.0117 e. The van der Waals surface area contributed by atoms with E-state index in [1.165, 1.54) is 103 Å². The van der Waals surface area contributed by atoms with Crippen LogP contribution in [0.3, 0.4) is 0 Å². The maximum Gasteiger partial charge on any atom is 0.0117 e. The zero-order valence-electron chi connectivity index (χ0n) is 18.9. The molecule has 0 nitrogen and oxygen atoms in total. The van der Waals surface area contributed by atoms with E-state index in [9.17, 15) is 0 Å². The van der Waals surface area contributed by atoms with Crippen LogP contribution < -0.4 is 0 Å². The summed E-state index contributed by atoms with van der Waals surface area (Å²) in [5.41, 5.74) is 0. The van der Waals surface area contributed by atoms with Crippen molar-refractivity contribution in [3.63, 3.8) is 0 Å². The molecule has 2 atom stereocenters. The molecule has 0 N–H and O–H groups in total. The van der Waals surface area contributed by atoms with Gasteiger partial charge in [0.2, 0.25) is 0 Å². The van der Waals surface area contributed by atoms with Crippen molar-refractivity contribution >= 4 is 0 Å². The molecule has 0 rings (SSSR count). The van der Waals surface area contributed by atoms with Crippen LogP contribution in [0.1, 0.15) is 143 Å².